The van der Waals surface area contributed by atoms with Gasteiger partial charge in [-0.25, -0.2) is 4.98 Å². The van der Waals surface area contributed by atoms with E-state index >= 15 is 0 Å². The number of thiophene rings is 2. The number of carbonyl (C=O) groups excluding carboxylic acids is 1. The van der Waals surface area contributed by atoms with Gasteiger partial charge in [-0.1, -0.05) is 6.07 Å². The van der Waals surface area contributed by atoms with Crippen LogP contribution in [-0.2, 0) is 6.54 Å². The number of nitrogens with zero attached hydrogens (tertiary/aromatic N) is 2. The largest absolute Gasteiger partial charge is 0.346 e. The van der Waals surface area contributed by atoms with Crippen LogP contribution in [0.5, 0.6) is 0 Å². The molecule has 0 radical (unpaired) electrons. The molecule has 126 valence electrons. The molecule has 0 unspecified atom stereocenters. The minimum absolute atomic E-state index is 0.0566. The van der Waals surface area contributed by atoms with E-state index in [4.69, 9.17) is 0 Å². The van der Waals surface area contributed by atoms with E-state index in [0.717, 1.165) is 32.2 Å². The highest BCUT2D eigenvalue weighted by molar-refractivity contribution is 7.21. The maximum Gasteiger partial charge on any atom is 0.263 e. The van der Waals surface area contributed by atoms with E-state index in [9.17, 15) is 4.79 Å². The van der Waals surface area contributed by atoms with Gasteiger partial charge in [-0.05, 0) is 49.6 Å². The summed E-state index contributed by atoms with van der Waals surface area (Å²) in [5.74, 6) is -0.0566. The van der Waals surface area contributed by atoms with Crippen molar-refractivity contribution >= 4 is 38.8 Å². The average Bonchev–Trinajstić information content (AvgIpc) is 3.32. The summed E-state index contributed by atoms with van der Waals surface area (Å²) in [4.78, 5) is 20.1. The van der Waals surface area contributed by atoms with Crippen molar-refractivity contribution in [3.05, 3.63) is 69.1 Å². The molecule has 4 nitrogen and oxygen atoms in total. The molecule has 6 heteroatoms. The zero-order valence-corrected chi connectivity index (χ0v) is 15.6. The van der Waals surface area contributed by atoms with Crippen molar-refractivity contribution in [2.45, 2.75) is 20.4 Å². The molecule has 0 aromatic carbocycles. The van der Waals surface area contributed by atoms with Crippen LogP contribution in [0.25, 0.3) is 15.9 Å². The lowest BCUT2D eigenvalue weighted by Crippen LogP contribution is -2.22. The first-order valence-corrected chi connectivity index (χ1v) is 9.68. The predicted molar refractivity (Wildman–Crippen MR) is 104 cm³/mol. The number of hydrogen-bond donors (Lipinski definition) is 1. The zero-order chi connectivity index (χ0) is 17.4. The molecule has 0 spiro atoms. The number of fused-ring (bicyclic) bond motifs is 1. The Bertz CT molecular complexity index is 1020. The molecule has 25 heavy (non-hydrogen) atoms. The summed E-state index contributed by atoms with van der Waals surface area (Å²) in [6.07, 6.45) is 1.77. The molecular weight excluding hydrogens is 350 g/mol. The highest BCUT2D eigenvalue weighted by Gasteiger charge is 2.22. The molecule has 0 fully saturated rings. The first-order valence-electron chi connectivity index (χ1n) is 7.98. The molecule has 0 aliphatic heterocycles. The van der Waals surface area contributed by atoms with E-state index in [1.165, 1.54) is 11.3 Å². The topological polar surface area (TPSA) is 46.9 Å². The van der Waals surface area contributed by atoms with Gasteiger partial charge in [0.1, 0.15) is 9.71 Å². The van der Waals surface area contributed by atoms with Gasteiger partial charge >= 0.3 is 0 Å². The second-order valence-electron chi connectivity index (χ2n) is 5.85. The summed E-state index contributed by atoms with van der Waals surface area (Å²) in [5.41, 5.74) is 3.14. The van der Waals surface area contributed by atoms with Gasteiger partial charge in [-0.15, -0.1) is 22.7 Å². The maximum absolute atomic E-state index is 12.9. The highest BCUT2D eigenvalue weighted by atomic mass is 32.1. The van der Waals surface area contributed by atoms with Crippen LogP contribution in [0, 0.1) is 13.8 Å². The summed E-state index contributed by atoms with van der Waals surface area (Å²) >= 11 is 3.09. The van der Waals surface area contributed by atoms with Gasteiger partial charge in [0, 0.05) is 27.8 Å². The van der Waals surface area contributed by atoms with Crippen LogP contribution in [0.3, 0.4) is 0 Å². The number of nitrogens with one attached hydrogen (secondary N) is 1. The fraction of sp³-hybridized carbons (Fsp3) is 0.158. The maximum atomic E-state index is 12.9. The lowest BCUT2D eigenvalue weighted by Gasteiger charge is -2.11. The molecule has 0 aliphatic carbocycles. The number of amides is 1. The summed E-state index contributed by atoms with van der Waals surface area (Å²) in [6, 6.07) is 12.1. The Labute approximate surface area is 153 Å². The molecule has 1 amide bonds. The zero-order valence-electron chi connectivity index (χ0n) is 13.9. The molecule has 4 heterocycles. The minimum atomic E-state index is -0.0566. The third-order valence-corrected chi connectivity index (χ3v) is 6.12. The minimum Gasteiger partial charge on any atom is -0.346 e. The molecule has 4 aromatic heterocycles. The van der Waals surface area contributed by atoms with Crippen LogP contribution in [0.4, 0.5) is 0 Å². The predicted octanol–water partition coefficient (Wildman–Crippen LogP) is 4.70. The van der Waals surface area contributed by atoms with Crippen molar-refractivity contribution in [3.63, 3.8) is 0 Å². The van der Waals surface area contributed by atoms with Crippen molar-refractivity contribution in [2.24, 2.45) is 0 Å². The van der Waals surface area contributed by atoms with E-state index in [-0.39, 0.29) is 5.91 Å². The average molecular weight is 367 g/mol. The molecular formula is C19H17N3OS2. The van der Waals surface area contributed by atoms with Crippen molar-refractivity contribution in [1.82, 2.24) is 14.9 Å². The molecule has 0 bridgehead atoms. The SMILES string of the molecule is Cc1ccc(C)n1-c1c(C(=O)NCc2cccs2)sc2ncccc12. The number of aromatic nitrogens is 2. The van der Waals surface area contributed by atoms with Crippen molar-refractivity contribution in [1.29, 1.82) is 0 Å². The Morgan fingerprint density at radius 3 is 2.68 bits per heavy atom. The molecule has 0 atom stereocenters. The van der Waals surface area contributed by atoms with Crippen molar-refractivity contribution in [2.75, 3.05) is 0 Å². The number of hydrogen-bond acceptors (Lipinski definition) is 4. The third kappa shape index (κ3) is 2.88. The first kappa shape index (κ1) is 16.1. The van der Waals surface area contributed by atoms with E-state index in [0.29, 0.717) is 11.4 Å². The number of carbonyl (C=O) groups is 1. The lowest BCUT2D eigenvalue weighted by atomic mass is 10.2. The lowest BCUT2D eigenvalue weighted by molar-refractivity contribution is 0.0955. The Morgan fingerprint density at radius 2 is 1.96 bits per heavy atom. The number of pyridine rings is 1. The van der Waals surface area contributed by atoms with Crippen LogP contribution in [0.2, 0.25) is 0 Å². The summed E-state index contributed by atoms with van der Waals surface area (Å²) in [6.45, 7) is 4.65. The van der Waals surface area contributed by atoms with Gasteiger partial charge in [-0.3, -0.25) is 4.79 Å². The summed E-state index contributed by atoms with van der Waals surface area (Å²) in [5, 5.41) is 6.07. The Balaban J connectivity index is 1.80. The Morgan fingerprint density at radius 1 is 1.16 bits per heavy atom. The fourth-order valence-electron chi connectivity index (χ4n) is 2.98. The van der Waals surface area contributed by atoms with Gasteiger partial charge in [0.15, 0.2) is 0 Å². The van der Waals surface area contributed by atoms with Crippen LogP contribution in [0.15, 0.2) is 48.0 Å². The van der Waals surface area contributed by atoms with Gasteiger partial charge in [0.25, 0.3) is 5.91 Å². The Hall–Kier alpha value is -2.44. The van der Waals surface area contributed by atoms with Crippen LogP contribution in [0.1, 0.15) is 25.9 Å². The van der Waals surface area contributed by atoms with Crippen LogP contribution < -0.4 is 5.32 Å². The van der Waals surface area contributed by atoms with Gasteiger partial charge in [-0.2, -0.15) is 0 Å². The highest BCUT2D eigenvalue weighted by Crippen LogP contribution is 2.34. The van der Waals surface area contributed by atoms with E-state index in [2.05, 4.69) is 40.8 Å². The summed E-state index contributed by atoms with van der Waals surface area (Å²) in [7, 11) is 0. The quantitative estimate of drug-likeness (QED) is 0.568. The molecule has 0 saturated heterocycles. The van der Waals surface area contributed by atoms with Crippen LogP contribution in [-0.4, -0.2) is 15.5 Å². The summed E-state index contributed by atoms with van der Waals surface area (Å²) < 4.78 is 2.14. The molecule has 1 N–H and O–H groups in total. The standard InChI is InChI=1S/C19H17N3OS2/c1-12-7-8-13(2)22(12)16-15-6-3-9-20-19(15)25-17(16)18(23)21-11-14-5-4-10-24-14/h3-10H,11H2,1-2H3,(H,21,23). The van der Waals surface area contributed by atoms with E-state index in [1.807, 2.05) is 29.6 Å². The molecule has 4 aromatic rings. The number of rotatable bonds is 4. The third-order valence-electron chi connectivity index (χ3n) is 4.14. The first-order chi connectivity index (χ1) is 12.1. The molecule has 0 aliphatic rings. The monoisotopic (exact) mass is 367 g/mol. The second-order valence-corrected chi connectivity index (χ2v) is 7.88. The van der Waals surface area contributed by atoms with Gasteiger partial charge < -0.3 is 9.88 Å². The normalized spacial score (nSPS) is 11.1. The van der Waals surface area contributed by atoms with Crippen LogP contribution >= 0.6 is 22.7 Å². The van der Waals surface area contributed by atoms with Gasteiger partial charge in [0.05, 0.1) is 12.2 Å². The van der Waals surface area contributed by atoms with Gasteiger partial charge in [0.2, 0.25) is 0 Å². The molecule has 4 rings (SSSR count). The second kappa shape index (κ2) is 6.46. The van der Waals surface area contributed by atoms with Crippen molar-refractivity contribution in [3.8, 4) is 5.69 Å². The van der Waals surface area contributed by atoms with Crippen molar-refractivity contribution < 1.29 is 4.79 Å². The van der Waals surface area contributed by atoms with E-state index in [1.54, 1.807) is 17.5 Å². The fourth-order valence-corrected chi connectivity index (χ4v) is 4.67. The van der Waals surface area contributed by atoms with E-state index < -0.39 is 0 Å². The number of aryl methyl sites for hydroxylation is 2. The smallest absolute Gasteiger partial charge is 0.263 e. The molecule has 0 saturated carbocycles. The Kier molecular flexibility index (Phi) is 4.15.